The molecular formula is C24H31FN4O2. The maximum absolute atomic E-state index is 13.9. The van der Waals surface area contributed by atoms with Gasteiger partial charge in [-0.1, -0.05) is 18.2 Å². The number of carbonyl (C=O) groups is 1. The summed E-state index contributed by atoms with van der Waals surface area (Å²) < 4.78 is 19.3. The minimum atomic E-state index is -0.213. The zero-order valence-corrected chi connectivity index (χ0v) is 18.1. The van der Waals surface area contributed by atoms with Gasteiger partial charge in [0, 0.05) is 62.8 Å². The summed E-state index contributed by atoms with van der Waals surface area (Å²) in [6.45, 7) is 9.07. The largest absolute Gasteiger partial charge is 0.378 e. The fourth-order valence-corrected chi connectivity index (χ4v) is 4.17. The molecule has 0 aliphatic carbocycles. The number of nitrogens with one attached hydrogen (secondary N) is 1. The Morgan fingerprint density at radius 1 is 1.00 bits per heavy atom. The highest BCUT2D eigenvalue weighted by Gasteiger charge is 2.26. The molecule has 6 nitrogen and oxygen atoms in total. The number of ether oxygens (including phenoxy) is 1. The molecule has 2 heterocycles. The second-order valence-electron chi connectivity index (χ2n) is 8.22. The van der Waals surface area contributed by atoms with Crippen LogP contribution in [0.4, 0.5) is 15.8 Å². The average Bonchev–Trinajstić information content (AvgIpc) is 2.81. The van der Waals surface area contributed by atoms with Gasteiger partial charge in [0.2, 0.25) is 5.91 Å². The van der Waals surface area contributed by atoms with Crippen LogP contribution in [0.15, 0.2) is 48.5 Å². The van der Waals surface area contributed by atoms with Gasteiger partial charge in [0.15, 0.2) is 0 Å². The van der Waals surface area contributed by atoms with Gasteiger partial charge in [-0.15, -0.1) is 0 Å². The number of hydrogen-bond acceptors (Lipinski definition) is 5. The van der Waals surface area contributed by atoms with Crippen LogP contribution in [0.2, 0.25) is 0 Å². The predicted octanol–water partition coefficient (Wildman–Crippen LogP) is 2.81. The maximum atomic E-state index is 13.9. The van der Waals surface area contributed by atoms with E-state index in [1.54, 1.807) is 6.07 Å². The van der Waals surface area contributed by atoms with Crippen molar-refractivity contribution in [3.8, 4) is 0 Å². The number of hydrogen-bond donors (Lipinski definition) is 1. The van der Waals surface area contributed by atoms with E-state index in [-0.39, 0.29) is 17.8 Å². The summed E-state index contributed by atoms with van der Waals surface area (Å²) in [5.41, 5.74) is 2.69. The van der Waals surface area contributed by atoms with Crippen molar-refractivity contribution in [2.24, 2.45) is 0 Å². The van der Waals surface area contributed by atoms with Crippen LogP contribution in [0.5, 0.6) is 0 Å². The predicted molar refractivity (Wildman–Crippen MR) is 121 cm³/mol. The van der Waals surface area contributed by atoms with E-state index in [2.05, 4.69) is 20.0 Å². The van der Waals surface area contributed by atoms with Gasteiger partial charge in [-0.05, 0) is 37.3 Å². The number of amides is 1. The quantitative estimate of drug-likeness (QED) is 0.770. The molecular weight excluding hydrogens is 395 g/mol. The van der Waals surface area contributed by atoms with Gasteiger partial charge in [0.1, 0.15) is 5.82 Å². The maximum Gasteiger partial charge on any atom is 0.241 e. The van der Waals surface area contributed by atoms with Crippen LogP contribution in [-0.2, 0) is 16.1 Å². The third-order valence-electron chi connectivity index (χ3n) is 6.20. The van der Waals surface area contributed by atoms with Gasteiger partial charge >= 0.3 is 0 Å². The van der Waals surface area contributed by atoms with E-state index in [0.717, 1.165) is 69.4 Å². The zero-order chi connectivity index (χ0) is 21.6. The monoisotopic (exact) mass is 426 g/mol. The Kier molecular flexibility index (Phi) is 7.17. The number of piperazine rings is 1. The normalized spacial score (nSPS) is 19.2. The molecule has 2 aromatic carbocycles. The fraction of sp³-hybridized carbons (Fsp3) is 0.458. The van der Waals surface area contributed by atoms with E-state index in [1.807, 2.05) is 43.3 Å². The van der Waals surface area contributed by atoms with Gasteiger partial charge < -0.3 is 15.0 Å². The van der Waals surface area contributed by atoms with E-state index in [4.69, 9.17) is 4.74 Å². The minimum absolute atomic E-state index is 0.00155. The second kappa shape index (κ2) is 10.2. The van der Waals surface area contributed by atoms with E-state index >= 15 is 0 Å². The molecule has 166 valence electrons. The first-order chi connectivity index (χ1) is 15.1. The molecule has 2 saturated heterocycles. The van der Waals surface area contributed by atoms with Crippen molar-refractivity contribution in [3.05, 3.63) is 59.9 Å². The molecule has 4 rings (SSSR count). The van der Waals surface area contributed by atoms with E-state index in [9.17, 15) is 9.18 Å². The molecule has 7 heteroatoms. The smallest absolute Gasteiger partial charge is 0.241 e. The van der Waals surface area contributed by atoms with Crippen molar-refractivity contribution in [1.82, 2.24) is 9.80 Å². The number of nitrogens with zero attached hydrogens (tertiary/aromatic N) is 3. The number of halogens is 1. The second-order valence-corrected chi connectivity index (χ2v) is 8.22. The molecule has 0 unspecified atom stereocenters. The third-order valence-corrected chi connectivity index (χ3v) is 6.20. The van der Waals surface area contributed by atoms with Crippen LogP contribution in [0.3, 0.4) is 0 Å². The van der Waals surface area contributed by atoms with Gasteiger partial charge in [0.05, 0.1) is 19.3 Å². The Labute approximate surface area is 183 Å². The average molecular weight is 427 g/mol. The molecule has 1 N–H and O–H groups in total. The third kappa shape index (κ3) is 5.61. The van der Waals surface area contributed by atoms with Crippen molar-refractivity contribution in [2.75, 3.05) is 62.7 Å². The van der Waals surface area contributed by atoms with Crippen LogP contribution >= 0.6 is 0 Å². The zero-order valence-electron chi connectivity index (χ0n) is 18.1. The molecule has 0 radical (unpaired) electrons. The van der Waals surface area contributed by atoms with E-state index in [0.29, 0.717) is 6.54 Å². The molecule has 0 saturated carbocycles. The molecule has 0 bridgehead atoms. The highest BCUT2D eigenvalue weighted by molar-refractivity contribution is 5.94. The standard InChI is InChI=1S/C24H31FN4O2/c1-19(28-12-10-27(11-13-28)18-20-4-2-3-5-23(20)25)24(30)26-21-6-8-22(9-7-21)29-14-16-31-17-15-29/h2-9,19H,10-18H2,1H3,(H,26,30)/t19-/m1/s1. The molecule has 1 atom stereocenters. The van der Waals surface area contributed by atoms with Crippen LogP contribution in [0.25, 0.3) is 0 Å². The first-order valence-electron chi connectivity index (χ1n) is 11.0. The van der Waals surface area contributed by atoms with Gasteiger partial charge in [-0.2, -0.15) is 0 Å². The summed E-state index contributed by atoms with van der Waals surface area (Å²) in [6, 6.07) is 14.7. The summed E-state index contributed by atoms with van der Waals surface area (Å²) in [5, 5.41) is 3.04. The lowest BCUT2D eigenvalue weighted by Gasteiger charge is -2.37. The SMILES string of the molecule is C[C@H](C(=O)Nc1ccc(N2CCOCC2)cc1)N1CCN(Cc2ccccc2F)CC1. The molecule has 31 heavy (non-hydrogen) atoms. The van der Waals surface area contributed by atoms with Crippen LogP contribution in [-0.4, -0.2) is 74.2 Å². The summed E-state index contributed by atoms with van der Waals surface area (Å²) in [5.74, 6) is -0.154. The van der Waals surface area contributed by atoms with Crippen molar-refractivity contribution < 1.29 is 13.9 Å². The highest BCUT2D eigenvalue weighted by atomic mass is 19.1. The minimum Gasteiger partial charge on any atom is -0.378 e. The molecule has 1 amide bonds. The lowest BCUT2D eigenvalue weighted by molar-refractivity contribution is -0.121. The molecule has 0 spiro atoms. The Bertz CT molecular complexity index is 862. The topological polar surface area (TPSA) is 48.1 Å². The molecule has 2 fully saturated rings. The van der Waals surface area contributed by atoms with Crippen LogP contribution < -0.4 is 10.2 Å². The fourth-order valence-electron chi connectivity index (χ4n) is 4.17. The summed E-state index contributed by atoms with van der Waals surface area (Å²) in [7, 11) is 0. The van der Waals surface area contributed by atoms with E-state index < -0.39 is 0 Å². The summed E-state index contributed by atoms with van der Waals surface area (Å²) in [4.78, 5) is 19.5. The Morgan fingerprint density at radius 3 is 2.35 bits per heavy atom. The van der Waals surface area contributed by atoms with Gasteiger partial charge in [0.25, 0.3) is 0 Å². The first kappa shape index (κ1) is 21.7. The number of carbonyl (C=O) groups excluding carboxylic acids is 1. The number of benzene rings is 2. The number of rotatable bonds is 6. The van der Waals surface area contributed by atoms with Crippen molar-refractivity contribution in [1.29, 1.82) is 0 Å². The Balaban J connectivity index is 1.25. The van der Waals surface area contributed by atoms with Gasteiger partial charge in [-0.3, -0.25) is 14.6 Å². The number of morpholine rings is 1. The van der Waals surface area contributed by atoms with Crippen molar-refractivity contribution >= 4 is 17.3 Å². The van der Waals surface area contributed by atoms with Crippen LogP contribution in [0.1, 0.15) is 12.5 Å². The molecule has 2 aromatic rings. The summed E-state index contributed by atoms with van der Waals surface area (Å²) in [6.07, 6.45) is 0. The Hall–Kier alpha value is -2.48. The summed E-state index contributed by atoms with van der Waals surface area (Å²) >= 11 is 0. The van der Waals surface area contributed by atoms with Crippen molar-refractivity contribution in [3.63, 3.8) is 0 Å². The van der Waals surface area contributed by atoms with Crippen molar-refractivity contribution in [2.45, 2.75) is 19.5 Å². The Morgan fingerprint density at radius 2 is 1.68 bits per heavy atom. The molecule has 2 aliphatic rings. The van der Waals surface area contributed by atoms with E-state index in [1.165, 1.54) is 6.07 Å². The molecule has 2 aliphatic heterocycles. The van der Waals surface area contributed by atoms with Crippen LogP contribution in [0, 0.1) is 5.82 Å². The lowest BCUT2D eigenvalue weighted by Crippen LogP contribution is -2.52. The first-order valence-corrected chi connectivity index (χ1v) is 11.0. The molecule has 0 aromatic heterocycles. The number of anilines is 2. The highest BCUT2D eigenvalue weighted by Crippen LogP contribution is 2.20. The lowest BCUT2D eigenvalue weighted by atomic mass is 10.1. The van der Waals surface area contributed by atoms with Gasteiger partial charge in [-0.25, -0.2) is 4.39 Å².